The lowest BCUT2D eigenvalue weighted by atomic mass is 10.1. The third kappa shape index (κ3) is 3.26. The third-order valence-corrected chi connectivity index (χ3v) is 3.94. The van der Waals surface area contributed by atoms with E-state index in [9.17, 15) is 4.79 Å². The van der Waals surface area contributed by atoms with Crippen LogP contribution < -0.4 is 15.5 Å². The number of rotatable bonds is 4. The molecule has 3 rings (SSSR count). The van der Waals surface area contributed by atoms with Gasteiger partial charge in [-0.1, -0.05) is 36.4 Å². The minimum atomic E-state index is -0.0798. The van der Waals surface area contributed by atoms with E-state index >= 15 is 0 Å². The molecule has 2 N–H and O–H groups in total. The van der Waals surface area contributed by atoms with Crippen molar-refractivity contribution >= 4 is 28.9 Å². The number of nitrogens with zero attached hydrogens (tertiary/aromatic N) is 1. The van der Waals surface area contributed by atoms with E-state index in [1.807, 2.05) is 59.5 Å². The first-order chi connectivity index (χ1) is 10.7. The zero-order valence-electron chi connectivity index (χ0n) is 12.1. The van der Waals surface area contributed by atoms with Gasteiger partial charge in [-0.15, -0.1) is 0 Å². The number of anilines is 1. The van der Waals surface area contributed by atoms with Gasteiger partial charge in [0.05, 0.1) is 0 Å². The molecule has 1 aliphatic rings. The first-order valence-electron chi connectivity index (χ1n) is 7.21. The molecule has 1 heterocycles. The van der Waals surface area contributed by atoms with Crippen molar-refractivity contribution in [2.45, 2.75) is 6.54 Å². The predicted octanol–water partition coefficient (Wildman–Crippen LogP) is 2.31. The Labute approximate surface area is 135 Å². The number of hydrogen-bond donors (Lipinski definition) is 2. The highest BCUT2D eigenvalue weighted by molar-refractivity contribution is 7.80. The highest BCUT2D eigenvalue weighted by Crippen LogP contribution is 2.18. The van der Waals surface area contributed by atoms with E-state index in [4.69, 9.17) is 12.2 Å². The maximum atomic E-state index is 12.3. The summed E-state index contributed by atoms with van der Waals surface area (Å²) in [5, 5.41) is 6.77. The van der Waals surface area contributed by atoms with Gasteiger partial charge in [0.2, 0.25) is 0 Å². The van der Waals surface area contributed by atoms with Crippen molar-refractivity contribution in [3.8, 4) is 0 Å². The monoisotopic (exact) mass is 311 g/mol. The second-order valence-corrected chi connectivity index (χ2v) is 5.49. The van der Waals surface area contributed by atoms with Gasteiger partial charge < -0.3 is 15.5 Å². The second-order valence-electron chi connectivity index (χ2n) is 5.10. The lowest BCUT2D eigenvalue weighted by Gasteiger charge is -2.17. The molecule has 0 atom stereocenters. The van der Waals surface area contributed by atoms with E-state index < -0.39 is 0 Å². The summed E-state index contributed by atoms with van der Waals surface area (Å²) in [5.41, 5.74) is 2.67. The van der Waals surface area contributed by atoms with Gasteiger partial charge in [0.25, 0.3) is 5.91 Å². The normalized spacial score (nSPS) is 13.8. The number of benzene rings is 2. The van der Waals surface area contributed by atoms with Crippen molar-refractivity contribution in [2.24, 2.45) is 0 Å². The van der Waals surface area contributed by atoms with E-state index in [2.05, 4.69) is 10.6 Å². The zero-order chi connectivity index (χ0) is 15.4. The Balaban J connectivity index is 1.69. The van der Waals surface area contributed by atoms with Crippen molar-refractivity contribution in [3.63, 3.8) is 0 Å². The SMILES string of the molecule is O=C(NCc1ccccc1)c1cccc(N2CCNC2=S)c1. The summed E-state index contributed by atoms with van der Waals surface area (Å²) in [6.45, 7) is 2.19. The summed E-state index contributed by atoms with van der Waals surface area (Å²) in [6, 6.07) is 17.4. The van der Waals surface area contributed by atoms with Crippen molar-refractivity contribution in [1.82, 2.24) is 10.6 Å². The largest absolute Gasteiger partial charge is 0.360 e. The standard InChI is InChI=1S/C17H17N3OS/c21-16(19-12-13-5-2-1-3-6-13)14-7-4-8-15(11-14)20-10-9-18-17(20)22/h1-8,11H,9-10,12H2,(H,18,22)(H,19,21). The molecule has 0 saturated carbocycles. The molecule has 2 aromatic rings. The molecule has 1 amide bonds. The highest BCUT2D eigenvalue weighted by atomic mass is 32.1. The van der Waals surface area contributed by atoms with Crippen LogP contribution in [0.5, 0.6) is 0 Å². The summed E-state index contributed by atoms with van der Waals surface area (Å²) < 4.78 is 0. The summed E-state index contributed by atoms with van der Waals surface area (Å²) in [6.07, 6.45) is 0. The van der Waals surface area contributed by atoms with E-state index in [0.29, 0.717) is 17.2 Å². The van der Waals surface area contributed by atoms with Gasteiger partial charge in [0, 0.05) is 30.9 Å². The fourth-order valence-electron chi connectivity index (χ4n) is 2.41. The van der Waals surface area contributed by atoms with Gasteiger partial charge in [0.15, 0.2) is 5.11 Å². The Bertz CT molecular complexity index is 687. The van der Waals surface area contributed by atoms with Crippen LogP contribution in [0, 0.1) is 0 Å². The van der Waals surface area contributed by atoms with Gasteiger partial charge in [0.1, 0.15) is 0 Å². The molecule has 1 saturated heterocycles. The van der Waals surface area contributed by atoms with Gasteiger partial charge in [-0.05, 0) is 36.0 Å². The first kappa shape index (κ1) is 14.5. The molecule has 22 heavy (non-hydrogen) atoms. The lowest BCUT2D eigenvalue weighted by molar-refractivity contribution is 0.0951. The minimum absolute atomic E-state index is 0.0798. The number of amides is 1. The molecule has 5 heteroatoms. The number of hydrogen-bond acceptors (Lipinski definition) is 2. The summed E-state index contributed by atoms with van der Waals surface area (Å²) >= 11 is 5.26. The predicted molar refractivity (Wildman–Crippen MR) is 92.0 cm³/mol. The van der Waals surface area contributed by atoms with E-state index in [1.165, 1.54) is 0 Å². The zero-order valence-corrected chi connectivity index (χ0v) is 12.9. The maximum absolute atomic E-state index is 12.3. The van der Waals surface area contributed by atoms with Crippen LogP contribution >= 0.6 is 12.2 Å². The van der Waals surface area contributed by atoms with Crippen LogP contribution in [0.15, 0.2) is 54.6 Å². The molecule has 1 aliphatic heterocycles. The Morgan fingerprint density at radius 3 is 2.73 bits per heavy atom. The molecule has 112 valence electrons. The van der Waals surface area contributed by atoms with E-state index in [0.717, 1.165) is 24.3 Å². The number of nitrogens with one attached hydrogen (secondary N) is 2. The fourth-order valence-corrected chi connectivity index (χ4v) is 2.71. The molecule has 0 spiro atoms. The summed E-state index contributed by atoms with van der Waals surface area (Å²) in [4.78, 5) is 14.3. The molecule has 0 unspecified atom stereocenters. The minimum Gasteiger partial charge on any atom is -0.360 e. The Morgan fingerprint density at radius 2 is 2.00 bits per heavy atom. The molecule has 0 radical (unpaired) electrons. The molecule has 0 aliphatic carbocycles. The van der Waals surface area contributed by atoms with Crippen molar-refractivity contribution < 1.29 is 4.79 Å². The number of thiocarbonyl (C=S) groups is 1. The van der Waals surface area contributed by atoms with Gasteiger partial charge in [-0.25, -0.2) is 0 Å². The van der Waals surface area contributed by atoms with Crippen LogP contribution in [-0.4, -0.2) is 24.1 Å². The van der Waals surface area contributed by atoms with Crippen molar-refractivity contribution in [2.75, 3.05) is 18.0 Å². The van der Waals surface area contributed by atoms with Crippen LogP contribution in [-0.2, 0) is 6.54 Å². The summed E-state index contributed by atoms with van der Waals surface area (Å²) in [5.74, 6) is -0.0798. The molecular formula is C17H17N3OS. The van der Waals surface area contributed by atoms with Crippen LogP contribution in [0.1, 0.15) is 15.9 Å². The molecule has 4 nitrogen and oxygen atoms in total. The summed E-state index contributed by atoms with van der Waals surface area (Å²) in [7, 11) is 0. The van der Waals surface area contributed by atoms with E-state index in [1.54, 1.807) is 0 Å². The van der Waals surface area contributed by atoms with Crippen LogP contribution in [0.3, 0.4) is 0 Å². The number of carbonyl (C=O) groups excluding carboxylic acids is 1. The second kappa shape index (κ2) is 6.58. The van der Waals surface area contributed by atoms with Crippen molar-refractivity contribution in [1.29, 1.82) is 0 Å². The average molecular weight is 311 g/mol. The molecule has 2 aromatic carbocycles. The van der Waals surface area contributed by atoms with Crippen molar-refractivity contribution in [3.05, 3.63) is 65.7 Å². The Kier molecular flexibility index (Phi) is 4.34. The topological polar surface area (TPSA) is 44.4 Å². The maximum Gasteiger partial charge on any atom is 0.251 e. The van der Waals surface area contributed by atoms with Crippen LogP contribution in [0.25, 0.3) is 0 Å². The smallest absolute Gasteiger partial charge is 0.251 e. The Morgan fingerprint density at radius 1 is 1.18 bits per heavy atom. The fraction of sp³-hybridized carbons (Fsp3) is 0.176. The van der Waals surface area contributed by atoms with E-state index in [-0.39, 0.29) is 5.91 Å². The Hall–Kier alpha value is -2.40. The van der Waals surface area contributed by atoms with Gasteiger partial charge >= 0.3 is 0 Å². The van der Waals surface area contributed by atoms with Gasteiger partial charge in [-0.3, -0.25) is 4.79 Å². The van der Waals surface area contributed by atoms with Gasteiger partial charge in [-0.2, -0.15) is 0 Å². The highest BCUT2D eigenvalue weighted by Gasteiger charge is 2.18. The molecular weight excluding hydrogens is 294 g/mol. The molecule has 0 aromatic heterocycles. The first-order valence-corrected chi connectivity index (χ1v) is 7.62. The molecule has 0 bridgehead atoms. The molecule has 1 fully saturated rings. The number of carbonyl (C=O) groups is 1. The third-order valence-electron chi connectivity index (χ3n) is 3.57. The van der Waals surface area contributed by atoms with Crippen LogP contribution in [0.4, 0.5) is 5.69 Å². The van der Waals surface area contributed by atoms with Crippen LogP contribution in [0.2, 0.25) is 0 Å². The average Bonchev–Trinajstić information content (AvgIpc) is 3.00. The quantitative estimate of drug-likeness (QED) is 0.851. The lowest BCUT2D eigenvalue weighted by Crippen LogP contribution is -2.28.